The molecule has 0 unspecified atom stereocenters. The monoisotopic (exact) mass is 235 g/mol. The number of hydrogen-bond acceptors (Lipinski definition) is 3. The Balaban J connectivity index is 3.35. The summed E-state index contributed by atoms with van der Waals surface area (Å²) in [6.07, 6.45) is -3.16. The Morgan fingerprint density at radius 2 is 2.19 bits per heavy atom. The Morgan fingerprint density at radius 3 is 2.69 bits per heavy atom. The second kappa shape index (κ2) is 4.82. The molecule has 4 nitrogen and oxygen atoms in total. The van der Waals surface area contributed by atoms with Crippen molar-refractivity contribution in [1.82, 2.24) is 4.98 Å². The van der Waals surface area contributed by atoms with Crippen LogP contribution in [0.2, 0.25) is 0 Å². The number of aromatic amines is 1. The molecule has 0 aliphatic carbocycles. The van der Waals surface area contributed by atoms with Crippen molar-refractivity contribution in [2.45, 2.75) is 13.3 Å². The van der Waals surface area contributed by atoms with E-state index in [1.54, 1.807) is 4.98 Å². The third kappa shape index (κ3) is 2.41. The highest BCUT2D eigenvalue weighted by atomic mass is 19.3. The first-order valence-electron chi connectivity index (χ1n) is 4.35. The molecule has 0 fully saturated rings. The summed E-state index contributed by atoms with van der Waals surface area (Å²) in [5.41, 5.74) is -3.04. The lowest BCUT2D eigenvalue weighted by Crippen LogP contribution is -2.18. The van der Waals surface area contributed by atoms with E-state index in [1.807, 2.05) is 0 Å². The molecule has 88 valence electrons. The van der Waals surface area contributed by atoms with Gasteiger partial charge in [-0.05, 0) is 6.92 Å². The third-order valence-corrected chi connectivity index (χ3v) is 1.72. The number of esters is 1. The van der Waals surface area contributed by atoms with Gasteiger partial charge in [-0.1, -0.05) is 0 Å². The summed E-state index contributed by atoms with van der Waals surface area (Å²) in [7, 11) is 0. The fourth-order valence-corrected chi connectivity index (χ4v) is 1.12. The highest BCUT2D eigenvalue weighted by Crippen LogP contribution is 2.22. The molecule has 0 aromatic carbocycles. The van der Waals surface area contributed by atoms with Gasteiger partial charge in [0.05, 0.1) is 6.61 Å². The molecule has 0 amide bonds. The van der Waals surface area contributed by atoms with E-state index in [1.165, 1.54) is 6.92 Å². The molecule has 0 bridgehead atoms. The maximum Gasteiger partial charge on any atom is 0.343 e. The molecule has 0 aliphatic rings. The van der Waals surface area contributed by atoms with Gasteiger partial charge in [0, 0.05) is 6.07 Å². The normalized spacial score (nSPS) is 10.6. The van der Waals surface area contributed by atoms with E-state index in [0.29, 0.717) is 6.07 Å². The molecule has 16 heavy (non-hydrogen) atoms. The third-order valence-electron chi connectivity index (χ3n) is 1.72. The summed E-state index contributed by atoms with van der Waals surface area (Å²) in [5.74, 6) is -2.55. The topological polar surface area (TPSA) is 59.2 Å². The largest absolute Gasteiger partial charge is 0.462 e. The molecule has 1 aromatic rings. The number of aromatic nitrogens is 1. The van der Waals surface area contributed by atoms with Gasteiger partial charge in [0.2, 0.25) is 0 Å². The zero-order valence-corrected chi connectivity index (χ0v) is 8.22. The fraction of sp³-hybridized carbons (Fsp3) is 0.333. The first-order chi connectivity index (χ1) is 7.47. The van der Waals surface area contributed by atoms with Crippen molar-refractivity contribution in [3.8, 4) is 0 Å². The molecule has 0 saturated heterocycles. The van der Waals surface area contributed by atoms with Crippen LogP contribution in [0.3, 0.4) is 0 Å². The highest BCUT2D eigenvalue weighted by Gasteiger charge is 2.25. The maximum atomic E-state index is 13.2. The van der Waals surface area contributed by atoms with Gasteiger partial charge in [0.1, 0.15) is 17.1 Å². The minimum absolute atomic E-state index is 0.0833. The molecule has 0 aliphatic heterocycles. The molecule has 0 saturated carbocycles. The zero-order chi connectivity index (χ0) is 12.3. The lowest BCUT2D eigenvalue weighted by Gasteiger charge is -2.08. The van der Waals surface area contributed by atoms with Crippen LogP contribution in [0.5, 0.6) is 0 Å². The van der Waals surface area contributed by atoms with E-state index in [0.717, 1.165) is 0 Å². The maximum absolute atomic E-state index is 13.2. The summed E-state index contributed by atoms with van der Waals surface area (Å²) in [6, 6.07) is 0.415. The first kappa shape index (κ1) is 12.3. The quantitative estimate of drug-likeness (QED) is 0.810. The van der Waals surface area contributed by atoms with Gasteiger partial charge in [-0.15, -0.1) is 0 Å². The first-order valence-corrected chi connectivity index (χ1v) is 4.35. The Labute approximate surface area is 88.0 Å². The number of carbonyl (C=O) groups is 1. The van der Waals surface area contributed by atoms with Crippen molar-refractivity contribution in [3.63, 3.8) is 0 Å². The van der Waals surface area contributed by atoms with Crippen molar-refractivity contribution in [1.29, 1.82) is 0 Å². The van der Waals surface area contributed by atoms with Gasteiger partial charge in [0.25, 0.3) is 12.0 Å². The molecule has 0 spiro atoms. The Hall–Kier alpha value is -1.79. The van der Waals surface area contributed by atoms with Gasteiger partial charge in [-0.3, -0.25) is 4.79 Å². The minimum Gasteiger partial charge on any atom is -0.462 e. The molecular weight excluding hydrogens is 227 g/mol. The molecule has 1 aromatic heterocycles. The summed E-state index contributed by atoms with van der Waals surface area (Å²) < 4.78 is 42.5. The number of ether oxygens (including phenoxy) is 1. The van der Waals surface area contributed by atoms with Crippen molar-refractivity contribution >= 4 is 5.97 Å². The van der Waals surface area contributed by atoms with Crippen LogP contribution in [0, 0.1) is 5.82 Å². The summed E-state index contributed by atoms with van der Waals surface area (Å²) in [4.78, 5) is 23.7. The predicted molar refractivity (Wildman–Crippen MR) is 47.9 cm³/mol. The van der Waals surface area contributed by atoms with Crippen LogP contribution in [0.15, 0.2) is 10.9 Å². The molecule has 1 rings (SSSR count). The van der Waals surface area contributed by atoms with Crippen molar-refractivity contribution < 1.29 is 22.7 Å². The number of pyridine rings is 1. The van der Waals surface area contributed by atoms with Crippen LogP contribution in [0.4, 0.5) is 13.2 Å². The second-order valence-electron chi connectivity index (χ2n) is 2.79. The van der Waals surface area contributed by atoms with Crippen molar-refractivity contribution in [3.05, 3.63) is 33.5 Å². The molecule has 0 radical (unpaired) electrons. The van der Waals surface area contributed by atoms with Gasteiger partial charge in [-0.2, -0.15) is 0 Å². The highest BCUT2D eigenvalue weighted by molar-refractivity contribution is 5.90. The number of alkyl halides is 2. The SMILES string of the molecule is CCOC(=O)c1c(F)cc(=O)[nH]c1C(F)F. The van der Waals surface area contributed by atoms with Crippen LogP contribution in [0.1, 0.15) is 29.4 Å². The molecule has 1 N–H and O–H groups in total. The van der Waals surface area contributed by atoms with Crippen LogP contribution >= 0.6 is 0 Å². The lowest BCUT2D eigenvalue weighted by atomic mass is 10.2. The number of nitrogens with one attached hydrogen (secondary N) is 1. The van der Waals surface area contributed by atoms with Crippen molar-refractivity contribution in [2.24, 2.45) is 0 Å². The molecular formula is C9H8F3NO3. The van der Waals surface area contributed by atoms with E-state index >= 15 is 0 Å². The van der Waals surface area contributed by atoms with E-state index in [-0.39, 0.29) is 6.61 Å². The Kier molecular flexibility index (Phi) is 3.70. The Morgan fingerprint density at radius 1 is 1.56 bits per heavy atom. The van der Waals surface area contributed by atoms with E-state index in [2.05, 4.69) is 4.74 Å². The van der Waals surface area contributed by atoms with Crippen LogP contribution in [-0.2, 0) is 4.74 Å². The molecule has 1 heterocycles. The minimum atomic E-state index is -3.16. The second-order valence-corrected chi connectivity index (χ2v) is 2.79. The number of carbonyl (C=O) groups excluding carboxylic acids is 1. The number of H-pyrrole nitrogens is 1. The van der Waals surface area contributed by atoms with Gasteiger partial charge in [-0.25, -0.2) is 18.0 Å². The van der Waals surface area contributed by atoms with Gasteiger partial charge >= 0.3 is 5.97 Å². The van der Waals surface area contributed by atoms with Gasteiger partial charge < -0.3 is 9.72 Å². The van der Waals surface area contributed by atoms with E-state index < -0.39 is 35.0 Å². The molecule has 0 atom stereocenters. The predicted octanol–water partition coefficient (Wildman–Crippen LogP) is 1.63. The summed E-state index contributed by atoms with van der Waals surface area (Å²) in [5, 5.41) is 0. The standard InChI is InChI=1S/C9H8F3NO3/c1-2-16-9(15)6-4(10)3-5(14)13-7(6)8(11)12/h3,8H,2H2,1H3,(H,13,14). The molecule has 7 heteroatoms. The van der Waals surface area contributed by atoms with E-state index in [4.69, 9.17) is 0 Å². The average Bonchev–Trinajstić information content (AvgIpc) is 2.16. The van der Waals surface area contributed by atoms with Gasteiger partial charge in [0.15, 0.2) is 0 Å². The number of hydrogen-bond donors (Lipinski definition) is 1. The number of halogens is 3. The average molecular weight is 235 g/mol. The zero-order valence-electron chi connectivity index (χ0n) is 8.22. The van der Waals surface area contributed by atoms with Crippen LogP contribution in [-0.4, -0.2) is 17.6 Å². The summed E-state index contributed by atoms with van der Waals surface area (Å²) in [6.45, 7) is 1.36. The fourth-order valence-electron chi connectivity index (χ4n) is 1.12. The van der Waals surface area contributed by atoms with E-state index in [9.17, 15) is 22.8 Å². The lowest BCUT2D eigenvalue weighted by molar-refractivity contribution is 0.0507. The van der Waals surface area contributed by atoms with Crippen LogP contribution < -0.4 is 5.56 Å². The summed E-state index contributed by atoms with van der Waals surface area (Å²) >= 11 is 0. The number of rotatable bonds is 3. The Bertz CT molecular complexity index is 456. The smallest absolute Gasteiger partial charge is 0.343 e. The van der Waals surface area contributed by atoms with Crippen molar-refractivity contribution in [2.75, 3.05) is 6.61 Å². The van der Waals surface area contributed by atoms with Crippen LogP contribution in [0.25, 0.3) is 0 Å².